The van der Waals surface area contributed by atoms with Gasteiger partial charge in [-0.3, -0.25) is 0 Å². The van der Waals surface area contributed by atoms with Crippen LogP contribution in [-0.2, 0) is 0 Å². The van der Waals surface area contributed by atoms with Crippen LogP contribution in [0.5, 0.6) is 23.0 Å². The van der Waals surface area contributed by atoms with Gasteiger partial charge in [-0.15, -0.1) is 11.3 Å². The summed E-state index contributed by atoms with van der Waals surface area (Å²) in [6.07, 6.45) is 0. The molecule has 3 aromatic carbocycles. The molecule has 5 nitrogen and oxygen atoms in total. The molecule has 6 heteroatoms. The van der Waals surface area contributed by atoms with E-state index in [1.165, 1.54) is 0 Å². The maximum atomic E-state index is 5.86. The van der Waals surface area contributed by atoms with Gasteiger partial charge in [0.25, 0.3) is 0 Å². The van der Waals surface area contributed by atoms with Crippen LogP contribution in [0.1, 0.15) is 0 Å². The van der Waals surface area contributed by atoms with E-state index < -0.39 is 0 Å². The SMILES string of the molecule is COc1ccc(-c2c(OC)c(OC)c(-c3ccc(OC)cc3)c3scnc23)cc1. The van der Waals surface area contributed by atoms with Crippen LogP contribution in [0.3, 0.4) is 0 Å². The minimum atomic E-state index is 0.655. The van der Waals surface area contributed by atoms with Gasteiger partial charge in [0, 0.05) is 5.56 Å². The van der Waals surface area contributed by atoms with Crippen molar-refractivity contribution in [1.82, 2.24) is 4.98 Å². The summed E-state index contributed by atoms with van der Waals surface area (Å²) in [6.45, 7) is 0. The van der Waals surface area contributed by atoms with E-state index >= 15 is 0 Å². The molecule has 4 aromatic rings. The lowest BCUT2D eigenvalue weighted by Crippen LogP contribution is -1.98. The molecule has 0 bridgehead atoms. The smallest absolute Gasteiger partial charge is 0.171 e. The van der Waals surface area contributed by atoms with E-state index in [4.69, 9.17) is 18.9 Å². The highest BCUT2D eigenvalue weighted by Gasteiger charge is 2.25. The molecule has 0 fully saturated rings. The molecule has 0 amide bonds. The fraction of sp³-hybridized carbons (Fsp3) is 0.174. The van der Waals surface area contributed by atoms with Gasteiger partial charge in [-0.1, -0.05) is 24.3 Å². The number of fused-ring (bicyclic) bond motifs is 1. The third-order valence-electron chi connectivity index (χ3n) is 4.86. The molecule has 0 spiro atoms. The van der Waals surface area contributed by atoms with Crippen LogP contribution in [0, 0.1) is 0 Å². The lowest BCUT2D eigenvalue weighted by atomic mass is 9.96. The lowest BCUT2D eigenvalue weighted by molar-refractivity contribution is 0.358. The predicted octanol–water partition coefficient (Wildman–Crippen LogP) is 5.66. The van der Waals surface area contributed by atoms with Crippen LogP contribution >= 0.6 is 11.3 Å². The fourth-order valence-corrected chi connectivity index (χ4v) is 4.33. The summed E-state index contributed by atoms with van der Waals surface area (Å²) < 4.78 is 23.3. The van der Waals surface area contributed by atoms with Crippen molar-refractivity contribution >= 4 is 21.6 Å². The molecule has 0 radical (unpaired) electrons. The molecule has 0 saturated carbocycles. The average molecular weight is 407 g/mol. The number of nitrogens with zero attached hydrogens (tertiary/aromatic N) is 1. The van der Waals surface area contributed by atoms with Crippen molar-refractivity contribution in [2.75, 3.05) is 28.4 Å². The highest BCUT2D eigenvalue weighted by Crippen LogP contribution is 2.51. The quantitative estimate of drug-likeness (QED) is 0.412. The highest BCUT2D eigenvalue weighted by atomic mass is 32.1. The zero-order valence-corrected chi connectivity index (χ0v) is 17.5. The van der Waals surface area contributed by atoms with E-state index in [2.05, 4.69) is 4.98 Å². The summed E-state index contributed by atoms with van der Waals surface area (Å²) in [7, 11) is 6.63. The van der Waals surface area contributed by atoms with Gasteiger partial charge >= 0.3 is 0 Å². The topological polar surface area (TPSA) is 49.8 Å². The molecule has 0 unspecified atom stereocenters. The molecule has 0 atom stereocenters. The normalized spacial score (nSPS) is 10.8. The fourth-order valence-electron chi connectivity index (χ4n) is 3.47. The van der Waals surface area contributed by atoms with Crippen molar-refractivity contribution in [2.24, 2.45) is 0 Å². The molecule has 0 saturated heterocycles. The first-order valence-electron chi connectivity index (χ1n) is 9.01. The van der Waals surface area contributed by atoms with Crippen LogP contribution in [0.25, 0.3) is 32.5 Å². The Bertz CT molecular complexity index is 1040. The van der Waals surface area contributed by atoms with Crippen LogP contribution in [0.2, 0.25) is 0 Å². The molecule has 0 N–H and O–H groups in total. The summed E-state index contributed by atoms with van der Waals surface area (Å²) in [6, 6.07) is 15.8. The number of ether oxygens (including phenoxy) is 4. The van der Waals surface area contributed by atoms with Crippen molar-refractivity contribution in [1.29, 1.82) is 0 Å². The van der Waals surface area contributed by atoms with Gasteiger partial charge in [-0.05, 0) is 35.4 Å². The first-order valence-corrected chi connectivity index (χ1v) is 9.89. The van der Waals surface area contributed by atoms with E-state index in [1.807, 2.05) is 54.0 Å². The van der Waals surface area contributed by atoms with Crippen molar-refractivity contribution < 1.29 is 18.9 Å². The standard InChI is InChI=1S/C23H21NO4S/c1-25-16-9-5-14(6-10-16)18-20-23(29-13-24-20)19(22(28-4)21(18)27-3)15-7-11-17(26-2)12-8-15/h5-13H,1-4H3. The van der Waals surface area contributed by atoms with Crippen molar-refractivity contribution in [3.63, 3.8) is 0 Å². The zero-order chi connectivity index (χ0) is 20.4. The van der Waals surface area contributed by atoms with Crippen LogP contribution < -0.4 is 18.9 Å². The lowest BCUT2D eigenvalue weighted by Gasteiger charge is -2.18. The van der Waals surface area contributed by atoms with Gasteiger partial charge in [0.15, 0.2) is 11.5 Å². The van der Waals surface area contributed by atoms with Crippen LogP contribution in [0.4, 0.5) is 0 Å². The Morgan fingerprint density at radius 1 is 0.621 bits per heavy atom. The molecule has 4 rings (SSSR count). The maximum Gasteiger partial charge on any atom is 0.171 e. The molecule has 29 heavy (non-hydrogen) atoms. The number of aromatic nitrogens is 1. The maximum absolute atomic E-state index is 5.86. The number of hydrogen-bond acceptors (Lipinski definition) is 6. The summed E-state index contributed by atoms with van der Waals surface area (Å²) in [5.74, 6) is 2.93. The Kier molecular flexibility index (Phi) is 5.27. The molecular formula is C23H21NO4S. The average Bonchev–Trinajstić information content (AvgIpc) is 3.26. The second kappa shape index (κ2) is 8.01. The van der Waals surface area contributed by atoms with Gasteiger partial charge in [0.1, 0.15) is 11.5 Å². The first kappa shape index (κ1) is 19.1. The number of hydrogen-bond donors (Lipinski definition) is 0. The second-order valence-corrected chi connectivity index (χ2v) is 7.16. The Hall–Kier alpha value is -3.25. The molecule has 1 heterocycles. The van der Waals surface area contributed by atoms with E-state index in [0.29, 0.717) is 11.5 Å². The van der Waals surface area contributed by atoms with E-state index in [1.54, 1.807) is 39.8 Å². The van der Waals surface area contributed by atoms with Gasteiger partial charge in [-0.2, -0.15) is 0 Å². The highest BCUT2D eigenvalue weighted by molar-refractivity contribution is 7.17. The van der Waals surface area contributed by atoms with Crippen molar-refractivity contribution in [2.45, 2.75) is 0 Å². The second-order valence-electron chi connectivity index (χ2n) is 6.30. The Morgan fingerprint density at radius 3 is 1.59 bits per heavy atom. The summed E-state index contributed by atoms with van der Waals surface area (Å²) in [5.41, 5.74) is 6.59. The van der Waals surface area contributed by atoms with E-state index in [9.17, 15) is 0 Å². The van der Waals surface area contributed by atoms with Gasteiger partial charge in [0.2, 0.25) is 0 Å². The van der Waals surface area contributed by atoms with Crippen molar-refractivity contribution in [3.8, 4) is 45.3 Å². The third kappa shape index (κ3) is 3.25. The minimum Gasteiger partial charge on any atom is -0.497 e. The van der Waals surface area contributed by atoms with E-state index in [0.717, 1.165) is 44.0 Å². The monoisotopic (exact) mass is 407 g/mol. The molecule has 148 valence electrons. The Morgan fingerprint density at radius 2 is 1.10 bits per heavy atom. The number of thiazole rings is 1. The van der Waals surface area contributed by atoms with E-state index in [-0.39, 0.29) is 0 Å². The Balaban J connectivity index is 2.02. The zero-order valence-electron chi connectivity index (χ0n) is 16.7. The summed E-state index contributed by atoms with van der Waals surface area (Å²) >= 11 is 1.58. The largest absolute Gasteiger partial charge is 0.497 e. The minimum absolute atomic E-state index is 0.655. The molecule has 1 aromatic heterocycles. The van der Waals surface area contributed by atoms with Crippen molar-refractivity contribution in [3.05, 3.63) is 54.0 Å². The molecule has 0 aliphatic rings. The first-order chi connectivity index (χ1) is 14.2. The molecular weight excluding hydrogens is 386 g/mol. The Labute approximate surface area is 173 Å². The third-order valence-corrected chi connectivity index (χ3v) is 5.70. The summed E-state index contributed by atoms with van der Waals surface area (Å²) in [4.78, 5) is 4.67. The number of benzene rings is 3. The molecule has 0 aliphatic heterocycles. The molecule has 0 aliphatic carbocycles. The number of rotatable bonds is 6. The van der Waals surface area contributed by atoms with Crippen LogP contribution in [-0.4, -0.2) is 33.4 Å². The van der Waals surface area contributed by atoms with Crippen LogP contribution in [0.15, 0.2) is 54.0 Å². The van der Waals surface area contributed by atoms with Gasteiger partial charge < -0.3 is 18.9 Å². The number of methoxy groups -OCH3 is 4. The van der Waals surface area contributed by atoms with Gasteiger partial charge in [-0.25, -0.2) is 4.98 Å². The van der Waals surface area contributed by atoms with Gasteiger partial charge in [0.05, 0.1) is 49.7 Å². The summed E-state index contributed by atoms with van der Waals surface area (Å²) in [5, 5.41) is 0. The predicted molar refractivity (Wildman–Crippen MR) is 117 cm³/mol.